The van der Waals surface area contributed by atoms with Gasteiger partial charge in [0.25, 0.3) is 5.91 Å². The van der Waals surface area contributed by atoms with Gasteiger partial charge in [-0.25, -0.2) is 4.98 Å². The fourth-order valence-electron chi connectivity index (χ4n) is 4.69. The van der Waals surface area contributed by atoms with Crippen molar-refractivity contribution in [1.82, 2.24) is 4.98 Å². The van der Waals surface area contributed by atoms with Gasteiger partial charge in [0.1, 0.15) is 10.6 Å². The van der Waals surface area contributed by atoms with Gasteiger partial charge in [0.15, 0.2) is 0 Å². The van der Waals surface area contributed by atoms with Crippen molar-refractivity contribution in [3.63, 3.8) is 0 Å². The normalized spacial score (nSPS) is 15.4. The molecule has 2 heterocycles. The summed E-state index contributed by atoms with van der Waals surface area (Å²) in [5.74, 6) is 1.16. The van der Waals surface area contributed by atoms with Crippen LogP contribution in [-0.4, -0.2) is 18.0 Å². The summed E-state index contributed by atoms with van der Waals surface area (Å²) in [4.78, 5) is 21.1. The number of aromatic nitrogens is 1. The van der Waals surface area contributed by atoms with Gasteiger partial charge in [-0.15, -0.1) is 11.3 Å². The lowest BCUT2D eigenvalue weighted by Gasteiger charge is -2.20. The number of fused-ring (bicyclic) bond motifs is 3. The van der Waals surface area contributed by atoms with Crippen LogP contribution in [-0.2, 0) is 12.8 Å². The number of methoxy groups -OCH3 is 1. The summed E-state index contributed by atoms with van der Waals surface area (Å²) in [6.07, 6.45) is 3.30. The molecule has 32 heavy (non-hydrogen) atoms. The molecule has 4 aromatic rings. The molecule has 162 valence electrons. The number of para-hydroxylation sites is 2. The minimum Gasteiger partial charge on any atom is -0.495 e. The number of aryl methyl sites for hydroxylation is 2. The van der Waals surface area contributed by atoms with Crippen molar-refractivity contribution >= 4 is 33.1 Å². The van der Waals surface area contributed by atoms with Crippen LogP contribution in [0.15, 0.2) is 54.6 Å². The van der Waals surface area contributed by atoms with Crippen molar-refractivity contribution in [2.45, 2.75) is 33.1 Å². The molecular weight excluding hydrogens is 416 g/mol. The minimum atomic E-state index is -0.163. The number of hydrogen-bond donors (Lipinski definition) is 1. The third kappa shape index (κ3) is 3.56. The predicted octanol–water partition coefficient (Wildman–Crippen LogP) is 6.66. The third-order valence-corrected chi connectivity index (χ3v) is 7.42. The summed E-state index contributed by atoms with van der Waals surface area (Å²) in [6, 6.07) is 17.7. The fraction of sp³-hybridized carbons (Fsp3) is 0.259. The number of pyridine rings is 1. The molecule has 1 amide bonds. The van der Waals surface area contributed by atoms with Crippen LogP contribution in [0, 0.1) is 12.8 Å². The molecule has 5 rings (SSSR count). The van der Waals surface area contributed by atoms with Gasteiger partial charge in [-0.3, -0.25) is 4.79 Å². The molecular formula is C27H26N2O2S. The van der Waals surface area contributed by atoms with Crippen molar-refractivity contribution in [3.05, 3.63) is 76.3 Å². The number of anilines is 1. The van der Waals surface area contributed by atoms with Crippen molar-refractivity contribution in [1.29, 1.82) is 0 Å². The molecule has 0 radical (unpaired) electrons. The second kappa shape index (κ2) is 8.40. The summed E-state index contributed by atoms with van der Waals surface area (Å²) >= 11 is 1.79. The van der Waals surface area contributed by atoms with Crippen LogP contribution in [0.4, 0.5) is 5.69 Å². The van der Waals surface area contributed by atoms with Crippen LogP contribution in [0.3, 0.4) is 0 Å². The summed E-state index contributed by atoms with van der Waals surface area (Å²) < 4.78 is 5.44. The van der Waals surface area contributed by atoms with Crippen molar-refractivity contribution in [3.8, 4) is 16.9 Å². The maximum absolute atomic E-state index is 13.7. The van der Waals surface area contributed by atoms with Gasteiger partial charge in [0, 0.05) is 15.8 Å². The lowest BCUT2D eigenvalue weighted by Crippen LogP contribution is -2.17. The Kier molecular flexibility index (Phi) is 5.43. The van der Waals surface area contributed by atoms with Gasteiger partial charge in [0.2, 0.25) is 0 Å². The third-order valence-electron chi connectivity index (χ3n) is 6.27. The molecule has 1 aliphatic carbocycles. The van der Waals surface area contributed by atoms with Crippen molar-refractivity contribution in [2.75, 3.05) is 12.4 Å². The van der Waals surface area contributed by atoms with Crippen LogP contribution in [0.1, 0.15) is 39.8 Å². The smallest absolute Gasteiger partial charge is 0.258 e. The van der Waals surface area contributed by atoms with Gasteiger partial charge < -0.3 is 10.1 Å². The van der Waals surface area contributed by atoms with Gasteiger partial charge in [0.05, 0.1) is 24.1 Å². The van der Waals surface area contributed by atoms with Crippen LogP contribution in [0.5, 0.6) is 5.75 Å². The van der Waals surface area contributed by atoms with E-state index in [1.54, 1.807) is 18.4 Å². The average Bonchev–Trinajstić information content (AvgIpc) is 3.15. The Morgan fingerprint density at radius 2 is 1.88 bits per heavy atom. The zero-order chi connectivity index (χ0) is 22.2. The fourth-order valence-corrected chi connectivity index (χ4v) is 6.13. The van der Waals surface area contributed by atoms with E-state index in [1.165, 1.54) is 16.9 Å². The Bertz CT molecular complexity index is 1310. The lowest BCUT2D eigenvalue weighted by molar-refractivity contribution is 0.102. The maximum atomic E-state index is 13.7. The molecule has 1 atom stereocenters. The Hall–Kier alpha value is -3.18. The highest BCUT2D eigenvalue weighted by molar-refractivity contribution is 7.19. The number of ether oxygens (including phenoxy) is 1. The van der Waals surface area contributed by atoms with E-state index in [2.05, 4.69) is 24.4 Å². The summed E-state index contributed by atoms with van der Waals surface area (Å²) in [5.41, 5.74) is 5.45. The highest BCUT2D eigenvalue weighted by Crippen LogP contribution is 2.44. The molecule has 1 aliphatic rings. The highest BCUT2D eigenvalue weighted by Gasteiger charge is 2.28. The van der Waals surface area contributed by atoms with Gasteiger partial charge in [-0.1, -0.05) is 49.4 Å². The second-order valence-electron chi connectivity index (χ2n) is 8.50. The first kappa shape index (κ1) is 20.7. The molecule has 0 fully saturated rings. The quantitative estimate of drug-likeness (QED) is 0.385. The number of nitrogens with zero attached hydrogens (tertiary/aromatic N) is 1. The van der Waals surface area contributed by atoms with E-state index in [9.17, 15) is 4.79 Å². The highest BCUT2D eigenvalue weighted by atomic mass is 32.1. The molecule has 1 unspecified atom stereocenters. The molecule has 4 nitrogen and oxygen atoms in total. The maximum Gasteiger partial charge on any atom is 0.258 e. The number of rotatable bonds is 4. The summed E-state index contributed by atoms with van der Waals surface area (Å²) in [7, 11) is 1.61. The molecule has 0 bridgehead atoms. The number of thiophene rings is 1. The van der Waals surface area contributed by atoms with Gasteiger partial charge >= 0.3 is 0 Å². The van der Waals surface area contributed by atoms with E-state index in [0.717, 1.165) is 39.9 Å². The van der Waals surface area contributed by atoms with Crippen LogP contribution < -0.4 is 10.1 Å². The molecule has 0 aliphatic heterocycles. The van der Waals surface area contributed by atoms with Gasteiger partial charge in [-0.2, -0.15) is 0 Å². The Morgan fingerprint density at radius 1 is 1.12 bits per heavy atom. The number of benzene rings is 2. The van der Waals surface area contributed by atoms with Gasteiger partial charge in [-0.05, 0) is 55.4 Å². The van der Waals surface area contributed by atoms with Crippen LogP contribution in [0.2, 0.25) is 0 Å². The van der Waals surface area contributed by atoms with Crippen molar-refractivity contribution in [2.24, 2.45) is 5.92 Å². The largest absolute Gasteiger partial charge is 0.495 e. The second-order valence-corrected chi connectivity index (χ2v) is 9.58. The van der Waals surface area contributed by atoms with E-state index in [4.69, 9.17) is 9.72 Å². The average molecular weight is 443 g/mol. The van der Waals surface area contributed by atoms with E-state index in [1.807, 2.05) is 49.4 Å². The minimum absolute atomic E-state index is 0.163. The number of amides is 1. The standard InChI is InChI=1S/C27H26N2O2S/c1-16-13-14-19-22(15-16)32-27-25(19)24(18-9-5-4-6-10-18)23(17(2)28-27)26(30)29-20-11-7-8-12-21(20)31-3/h4-12,16H,13-15H2,1-3H3,(H,29,30). The molecule has 0 saturated carbocycles. The van der Waals surface area contributed by atoms with E-state index in [-0.39, 0.29) is 5.91 Å². The Morgan fingerprint density at radius 3 is 2.66 bits per heavy atom. The molecule has 0 spiro atoms. The Labute approximate surface area is 192 Å². The SMILES string of the molecule is COc1ccccc1NC(=O)c1c(C)nc2sc3c(c2c1-c1ccccc1)CCC(C)C3. The molecule has 5 heteroatoms. The monoisotopic (exact) mass is 442 g/mol. The summed E-state index contributed by atoms with van der Waals surface area (Å²) in [6.45, 7) is 4.25. The number of carbonyl (C=O) groups excluding carboxylic acids is 1. The topological polar surface area (TPSA) is 51.2 Å². The first-order valence-corrected chi connectivity index (χ1v) is 11.8. The first-order chi connectivity index (χ1) is 15.6. The molecule has 0 saturated heterocycles. The molecule has 2 aromatic carbocycles. The number of carbonyl (C=O) groups is 1. The van der Waals surface area contributed by atoms with E-state index >= 15 is 0 Å². The number of hydrogen-bond acceptors (Lipinski definition) is 4. The Balaban J connectivity index is 1.73. The van der Waals surface area contributed by atoms with Crippen molar-refractivity contribution < 1.29 is 9.53 Å². The van der Waals surface area contributed by atoms with Crippen LogP contribution >= 0.6 is 11.3 Å². The zero-order valence-electron chi connectivity index (χ0n) is 18.6. The predicted molar refractivity (Wildman–Crippen MR) is 132 cm³/mol. The van der Waals surface area contributed by atoms with Crippen LogP contribution in [0.25, 0.3) is 21.3 Å². The van der Waals surface area contributed by atoms with E-state index < -0.39 is 0 Å². The lowest BCUT2D eigenvalue weighted by atomic mass is 9.86. The first-order valence-electron chi connectivity index (χ1n) is 11.0. The molecule has 2 aromatic heterocycles. The van der Waals surface area contributed by atoms with E-state index in [0.29, 0.717) is 22.9 Å². The molecule has 1 N–H and O–H groups in total. The zero-order valence-corrected chi connectivity index (χ0v) is 19.4. The number of nitrogens with one attached hydrogen (secondary N) is 1. The summed E-state index contributed by atoms with van der Waals surface area (Å²) in [5, 5.41) is 4.22.